The zero-order valence-corrected chi connectivity index (χ0v) is 20.3. The zero-order valence-electron chi connectivity index (χ0n) is 20.3. The van der Waals surface area contributed by atoms with E-state index in [1.165, 1.54) is 55.7 Å². The molecule has 0 radical (unpaired) electrons. The quantitative estimate of drug-likeness (QED) is 0.239. The smallest absolute Gasteiger partial charge is 0.524 e. The van der Waals surface area contributed by atoms with Crippen LogP contribution in [0.3, 0.4) is 0 Å². The van der Waals surface area contributed by atoms with Gasteiger partial charge in [0.25, 0.3) is 0 Å². The lowest BCUT2D eigenvalue weighted by Crippen LogP contribution is -2.50. The molecule has 0 fully saturated rings. The topological polar surface area (TPSA) is 12.5 Å². The lowest BCUT2D eigenvalue weighted by Gasteiger charge is -2.31. The van der Waals surface area contributed by atoms with Crippen LogP contribution in [0.1, 0.15) is 25.0 Å². The highest BCUT2D eigenvalue weighted by molar-refractivity contribution is 6.77. The van der Waals surface area contributed by atoms with E-state index < -0.39 is 0 Å². The molecule has 0 saturated heterocycles. The number of hydrogen-bond acceptors (Lipinski definition) is 2. The van der Waals surface area contributed by atoms with Gasteiger partial charge in [-0.3, -0.25) is 0 Å². The molecule has 0 N–H and O–H groups in total. The summed E-state index contributed by atoms with van der Waals surface area (Å²) in [4.78, 5) is 2.35. The summed E-state index contributed by atoms with van der Waals surface area (Å²) in [5, 5.41) is 0. The van der Waals surface area contributed by atoms with Gasteiger partial charge in [-0.1, -0.05) is 98.8 Å². The van der Waals surface area contributed by atoms with Gasteiger partial charge >= 0.3 is 7.05 Å². The molecular formula is C33H24BNO. The van der Waals surface area contributed by atoms with Crippen LogP contribution in [0, 0.1) is 0 Å². The van der Waals surface area contributed by atoms with E-state index in [0.29, 0.717) is 0 Å². The van der Waals surface area contributed by atoms with Crippen LogP contribution < -0.4 is 14.9 Å². The van der Waals surface area contributed by atoms with Crippen LogP contribution in [0.15, 0.2) is 109 Å². The number of fused-ring (bicyclic) bond motifs is 11. The molecule has 1 aliphatic carbocycles. The number of benzene rings is 5. The third kappa shape index (κ3) is 2.52. The normalized spacial score (nSPS) is 15.3. The molecule has 8 rings (SSSR count). The van der Waals surface area contributed by atoms with Gasteiger partial charge in [0.05, 0.1) is 5.69 Å². The van der Waals surface area contributed by atoms with Crippen molar-refractivity contribution < 1.29 is 4.65 Å². The van der Waals surface area contributed by atoms with Gasteiger partial charge in [0.15, 0.2) is 0 Å². The second-order valence-corrected chi connectivity index (χ2v) is 10.6. The van der Waals surface area contributed by atoms with Crippen molar-refractivity contribution in [2.24, 2.45) is 0 Å². The van der Waals surface area contributed by atoms with Gasteiger partial charge in [-0.05, 0) is 68.7 Å². The Hall–Kier alpha value is -4.24. The van der Waals surface area contributed by atoms with E-state index in [0.717, 1.165) is 11.4 Å². The van der Waals surface area contributed by atoms with E-state index in [4.69, 9.17) is 4.65 Å². The average molecular weight is 461 g/mol. The second-order valence-electron chi connectivity index (χ2n) is 10.6. The molecule has 5 aromatic carbocycles. The molecule has 0 spiro atoms. The third-order valence-corrected chi connectivity index (χ3v) is 8.29. The van der Waals surface area contributed by atoms with Crippen molar-refractivity contribution in [3.8, 4) is 39.1 Å². The summed E-state index contributed by atoms with van der Waals surface area (Å²) < 4.78 is 6.67. The molecule has 2 nitrogen and oxygen atoms in total. The molecule has 0 unspecified atom stereocenters. The van der Waals surface area contributed by atoms with Crippen molar-refractivity contribution in [3.05, 3.63) is 120 Å². The first-order valence-electron chi connectivity index (χ1n) is 12.6. The molecule has 2 aliphatic heterocycles. The van der Waals surface area contributed by atoms with Crippen molar-refractivity contribution >= 4 is 23.9 Å². The van der Waals surface area contributed by atoms with Crippen LogP contribution >= 0.6 is 0 Å². The monoisotopic (exact) mass is 461 g/mol. The Labute approximate surface area is 211 Å². The maximum absolute atomic E-state index is 6.67. The number of nitrogens with zero attached hydrogens (tertiary/aromatic N) is 1. The van der Waals surface area contributed by atoms with Crippen LogP contribution in [-0.4, -0.2) is 7.05 Å². The highest BCUT2D eigenvalue weighted by atomic mass is 16.5. The Bertz CT molecular complexity index is 1720. The molecular weight excluding hydrogens is 437 g/mol. The summed E-state index contributed by atoms with van der Waals surface area (Å²) >= 11 is 0. The Kier molecular flexibility index (Phi) is 3.85. The van der Waals surface area contributed by atoms with Crippen molar-refractivity contribution in [3.63, 3.8) is 0 Å². The van der Waals surface area contributed by atoms with Gasteiger partial charge in [0, 0.05) is 16.7 Å². The Morgan fingerprint density at radius 1 is 0.583 bits per heavy atom. The minimum atomic E-state index is -0.144. The minimum Gasteiger partial charge on any atom is -0.536 e. The molecule has 5 aromatic rings. The molecule has 3 aliphatic rings. The average Bonchev–Trinajstić information content (AvgIpc) is 3.42. The Morgan fingerprint density at radius 3 is 2.14 bits per heavy atom. The molecule has 0 saturated carbocycles. The van der Waals surface area contributed by atoms with E-state index in [-0.39, 0.29) is 12.5 Å². The maximum Gasteiger partial charge on any atom is 0.524 e. The lowest BCUT2D eigenvalue weighted by atomic mass is 9.65. The fourth-order valence-electron chi connectivity index (χ4n) is 6.50. The molecule has 36 heavy (non-hydrogen) atoms. The SMILES string of the molecule is CC1(C)c2ccccc2-c2ccc(-c3ccc4c(c3)OB3c5ccccc5-c5ccccc5N34)cc21. The fourth-order valence-corrected chi connectivity index (χ4v) is 6.50. The van der Waals surface area contributed by atoms with E-state index in [2.05, 4.69) is 128 Å². The van der Waals surface area contributed by atoms with E-state index in [9.17, 15) is 0 Å². The molecule has 0 amide bonds. The number of hydrogen-bond donors (Lipinski definition) is 0. The van der Waals surface area contributed by atoms with Crippen LogP contribution in [0.4, 0.5) is 11.4 Å². The summed E-state index contributed by atoms with van der Waals surface area (Å²) in [6, 6.07) is 39.7. The Morgan fingerprint density at radius 2 is 1.25 bits per heavy atom. The number of para-hydroxylation sites is 1. The van der Waals surface area contributed by atoms with Crippen molar-refractivity contribution in [2.45, 2.75) is 19.3 Å². The number of rotatable bonds is 1. The fraction of sp³-hybridized carbons (Fsp3) is 0.0909. The predicted octanol–water partition coefficient (Wildman–Crippen LogP) is 7.57. The molecule has 3 heteroatoms. The minimum absolute atomic E-state index is 0.0107. The first-order chi connectivity index (χ1) is 17.6. The van der Waals surface area contributed by atoms with Crippen LogP contribution in [-0.2, 0) is 5.41 Å². The van der Waals surface area contributed by atoms with Gasteiger partial charge in [0.1, 0.15) is 5.75 Å². The highest BCUT2D eigenvalue weighted by Gasteiger charge is 2.45. The molecule has 0 bridgehead atoms. The van der Waals surface area contributed by atoms with Crippen LogP contribution in [0.2, 0.25) is 0 Å². The predicted molar refractivity (Wildman–Crippen MR) is 149 cm³/mol. The Balaban J connectivity index is 1.24. The zero-order chi connectivity index (χ0) is 24.0. The van der Waals surface area contributed by atoms with Gasteiger partial charge in [0.2, 0.25) is 0 Å². The summed E-state index contributed by atoms with van der Waals surface area (Å²) in [7, 11) is -0.144. The van der Waals surface area contributed by atoms with Gasteiger partial charge in [-0.25, -0.2) is 0 Å². The second kappa shape index (κ2) is 6.92. The maximum atomic E-state index is 6.67. The summed E-state index contributed by atoms with van der Waals surface area (Å²) in [5.41, 5.74) is 14.0. The van der Waals surface area contributed by atoms with E-state index in [1.807, 2.05) is 0 Å². The van der Waals surface area contributed by atoms with Crippen molar-refractivity contribution in [2.75, 3.05) is 4.81 Å². The summed E-state index contributed by atoms with van der Waals surface area (Å²) in [5.74, 6) is 0.937. The van der Waals surface area contributed by atoms with Gasteiger partial charge in [-0.15, -0.1) is 0 Å². The number of anilines is 2. The summed E-state index contributed by atoms with van der Waals surface area (Å²) in [6.45, 7) is 4.67. The summed E-state index contributed by atoms with van der Waals surface area (Å²) in [6.07, 6.45) is 0. The molecule has 0 aromatic heterocycles. The lowest BCUT2D eigenvalue weighted by molar-refractivity contribution is 0.603. The molecule has 2 heterocycles. The van der Waals surface area contributed by atoms with E-state index >= 15 is 0 Å². The third-order valence-electron chi connectivity index (χ3n) is 8.29. The largest absolute Gasteiger partial charge is 0.536 e. The van der Waals surface area contributed by atoms with Crippen LogP contribution in [0.25, 0.3) is 33.4 Å². The van der Waals surface area contributed by atoms with Gasteiger partial charge in [-0.2, -0.15) is 0 Å². The first-order valence-corrected chi connectivity index (χ1v) is 12.6. The highest BCUT2D eigenvalue weighted by Crippen LogP contribution is 2.51. The standard InChI is InChI=1S/C33H24BNO/c1-33(2)27-12-6-3-9-23(27)24-17-15-21(19-28(24)33)22-16-18-31-32(20-22)36-34-29-13-7-4-10-25(29)26-11-5-8-14-30(26)35(31)34/h3-20H,1-2H3. The molecule has 170 valence electrons. The molecule has 0 atom stereocenters. The van der Waals surface area contributed by atoms with Gasteiger partial charge < -0.3 is 9.47 Å². The van der Waals surface area contributed by atoms with Crippen molar-refractivity contribution in [1.82, 2.24) is 0 Å². The van der Waals surface area contributed by atoms with Crippen LogP contribution in [0.5, 0.6) is 5.75 Å². The van der Waals surface area contributed by atoms with E-state index in [1.54, 1.807) is 0 Å². The van der Waals surface area contributed by atoms with Crippen molar-refractivity contribution in [1.29, 1.82) is 0 Å². The first kappa shape index (κ1) is 20.0.